The maximum atomic E-state index is 12.0. The van der Waals surface area contributed by atoms with Crippen LogP contribution in [0.3, 0.4) is 0 Å². The summed E-state index contributed by atoms with van der Waals surface area (Å²) < 4.78 is 33.6. The zero-order chi connectivity index (χ0) is 13.0. The third-order valence-electron chi connectivity index (χ3n) is 3.26. The van der Waals surface area contributed by atoms with Gasteiger partial charge in [0.2, 0.25) is 0 Å². The Labute approximate surface area is 117 Å². The van der Waals surface area contributed by atoms with Gasteiger partial charge in [-0.25, -0.2) is 0 Å². The van der Waals surface area contributed by atoms with Gasteiger partial charge < -0.3 is 15.2 Å². The van der Waals surface area contributed by atoms with Crippen LogP contribution in [0.5, 0.6) is 5.75 Å². The lowest BCUT2D eigenvalue weighted by atomic mass is 9.88. The van der Waals surface area contributed by atoms with Crippen LogP contribution in [0.2, 0.25) is 0 Å². The zero-order valence-electron chi connectivity index (χ0n) is 10.4. The Morgan fingerprint density at radius 3 is 2.26 bits per heavy atom. The van der Waals surface area contributed by atoms with Crippen molar-refractivity contribution in [2.24, 2.45) is 11.7 Å². The first-order valence-corrected chi connectivity index (χ1v) is 6.05. The lowest BCUT2D eigenvalue weighted by molar-refractivity contribution is -0.0498. The van der Waals surface area contributed by atoms with E-state index in [-0.39, 0.29) is 24.2 Å². The van der Waals surface area contributed by atoms with Gasteiger partial charge in [-0.1, -0.05) is 12.1 Å². The lowest BCUT2D eigenvalue weighted by Gasteiger charge is -2.27. The predicted molar refractivity (Wildman–Crippen MR) is 70.8 cm³/mol. The first-order chi connectivity index (χ1) is 8.66. The van der Waals surface area contributed by atoms with Crippen LogP contribution in [0.4, 0.5) is 8.78 Å². The quantitative estimate of drug-likeness (QED) is 0.927. The second-order valence-electron chi connectivity index (χ2n) is 4.42. The molecule has 1 fully saturated rings. The van der Waals surface area contributed by atoms with E-state index in [9.17, 15) is 8.78 Å². The Morgan fingerprint density at radius 1 is 1.16 bits per heavy atom. The summed E-state index contributed by atoms with van der Waals surface area (Å²) in [5.74, 6) is 0.550. The number of halogens is 3. The molecule has 1 saturated heterocycles. The molecule has 0 amide bonds. The fourth-order valence-electron chi connectivity index (χ4n) is 2.22. The van der Waals surface area contributed by atoms with E-state index in [0.29, 0.717) is 5.92 Å². The molecule has 1 aliphatic rings. The molecule has 0 unspecified atom stereocenters. The number of rotatable bonds is 4. The Balaban J connectivity index is 0.00000180. The zero-order valence-corrected chi connectivity index (χ0v) is 11.2. The Bertz CT molecular complexity index is 369. The van der Waals surface area contributed by atoms with E-state index in [1.165, 1.54) is 12.1 Å². The molecule has 0 aromatic heterocycles. The van der Waals surface area contributed by atoms with E-state index >= 15 is 0 Å². The molecule has 0 bridgehead atoms. The third-order valence-corrected chi connectivity index (χ3v) is 3.26. The molecule has 1 aromatic carbocycles. The summed E-state index contributed by atoms with van der Waals surface area (Å²) in [4.78, 5) is 0. The van der Waals surface area contributed by atoms with Gasteiger partial charge in [-0.3, -0.25) is 0 Å². The van der Waals surface area contributed by atoms with Crippen molar-refractivity contribution in [3.8, 4) is 5.75 Å². The molecule has 0 saturated carbocycles. The maximum absolute atomic E-state index is 12.0. The van der Waals surface area contributed by atoms with E-state index in [1.54, 1.807) is 12.1 Å². The van der Waals surface area contributed by atoms with Gasteiger partial charge in [0, 0.05) is 19.3 Å². The van der Waals surface area contributed by atoms with Crippen LogP contribution in [0.25, 0.3) is 0 Å². The maximum Gasteiger partial charge on any atom is 0.387 e. The average Bonchev–Trinajstić information content (AvgIpc) is 2.39. The summed E-state index contributed by atoms with van der Waals surface area (Å²) in [6, 6.07) is 6.48. The SMILES string of the molecule is Cl.N[C@@H](c1ccc(OC(F)F)cc1)C1CCOCC1. The van der Waals surface area contributed by atoms with Gasteiger partial charge >= 0.3 is 6.61 Å². The normalized spacial score (nSPS) is 17.9. The van der Waals surface area contributed by atoms with Crippen LogP contribution >= 0.6 is 12.4 Å². The molecule has 2 N–H and O–H groups in total. The summed E-state index contributed by atoms with van der Waals surface area (Å²) in [7, 11) is 0. The molecule has 1 atom stereocenters. The van der Waals surface area contributed by atoms with E-state index in [4.69, 9.17) is 10.5 Å². The molecule has 1 aliphatic heterocycles. The molecular weight excluding hydrogens is 276 g/mol. The molecule has 1 heterocycles. The van der Waals surface area contributed by atoms with Crippen molar-refractivity contribution >= 4 is 12.4 Å². The summed E-state index contributed by atoms with van der Waals surface area (Å²) in [6.45, 7) is -1.31. The van der Waals surface area contributed by atoms with E-state index in [2.05, 4.69) is 4.74 Å². The highest BCUT2D eigenvalue weighted by molar-refractivity contribution is 5.85. The summed E-state index contributed by atoms with van der Waals surface area (Å²) in [6.07, 6.45) is 1.88. The first-order valence-electron chi connectivity index (χ1n) is 6.05. The molecular formula is C13H18ClF2NO2. The van der Waals surface area contributed by atoms with Crippen LogP contribution in [0.1, 0.15) is 24.4 Å². The minimum Gasteiger partial charge on any atom is -0.435 e. The van der Waals surface area contributed by atoms with Gasteiger partial charge in [-0.2, -0.15) is 8.78 Å². The summed E-state index contributed by atoms with van der Waals surface area (Å²) in [5.41, 5.74) is 7.12. The van der Waals surface area contributed by atoms with E-state index in [1.807, 2.05) is 0 Å². The Hall–Kier alpha value is -0.910. The highest BCUT2D eigenvalue weighted by Crippen LogP contribution is 2.29. The predicted octanol–water partition coefficient (Wildman–Crippen LogP) is 3.14. The first kappa shape index (κ1) is 16.1. The number of alkyl halides is 2. The molecule has 19 heavy (non-hydrogen) atoms. The summed E-state index contributed by atoms with van der Waals surface area (Å²) >= 11 is 0. The number of hydrogen-bond acceptors (Lipinski definition) is 3. The number of benzene rings is 1. The van der Waals surface area contributed by atoms with Crippen LogP contribution in [-0.2, 0) is 4.74 Å². The van der Waals surface area contributed by atoms with Gasteiger partial charge in [-0.05, 0) is 36.5 Å². The van der Waals surface area contributed by atoms with Crippen LogP contribution in [-0.4, -0.2) is 19.8 Å². The molecule has 0 radical (unpaired) electrons. The molecule has 0 spiro atoms. The summed E-state index contributed by atoms with van der Waals surface area (Å²) in [5, 5.41) is 0. The second kappa shape index (κ2) is 7.62. The number of ether oxygens (including phenoxy) is 2. The largest absolute Gasteiger partial charge is 0.435 e. The van der Waals surface area contributed by atoms with Crippen molar-refractivity contribution in [2.75, 3.05) is 13.2 Å². The van der Waals surface area contributed by atoms with Crippen molar-refractivity contribution in [3.63, 3.8) is 0 Å². The topological polar surface area (TPSA) is 44.5 Å². The fraction of sp³-hybridized carbons (Fsp3) is 0.538. The van der Waals surface area contributed by atoms with E-state index < -0.39 is 6.61 Å². The average molecular weight is 294 g/mol. The molecule has 6 heteroatoms. The smallest absolute Gasteiger partial charge is 0.387 e. The van der Waals surface area contributed by atoms with E-state index in [0.717, 1.165) is 31.6 Å². The van der Waals surface area contributed by atoms with Crippen LogP contribution in [0, 0.1) is 5.92 Å². The lowest BCUT2D eigenvalue weighted by Crippen LogP contribution is -2.27. The molecule has 108 valence electrons. The second-order valence-corrected chi connectivity index (χ2v) is 4.42. The van der Waals surface area contributed by atoms with Crippen LogP contribution in [0.15, 0.2) is 24.3 Å². The molecule has 3 nitrogen and oxygen atoms in total. The standard InChI is InChI=1S/C13H17F2NO2.ClH/c14-13(15)18-11-3-1-9(2-4-11)12(16)10-5-7-17-8-6-10;/h1-4,10,12-13H,5-8,16H2;1H/t12-;/m0./s1. The van der Waals surface area contributed by atoms with Crippen LogP contribution < -0.4 is 10.5 Å². The molecule has 1 aromatic rings. The van der Waals surface area contributed by atoms with Crippen molar-refractivity contribution in [1.82, 2.24) is 0 Å². The fourth-order valence-corrected chi connectivity index (χ4v) is 2.22. The van der Waals surface area contributed by atoms with Gasteiger partial charge in [0.1, 0.15) is 5.75 Å². The Morgan fingerprint density at radius 2 is 1.74 bits per heavy atom. The molecule has 0 aliphatic carbocycles. The number of nitrogens with two attached hydrogens (primary N) is 1. The van der Waals surface area contributed by atoms with Gasteiger partial charge in [-0.15, -0.1) is 12.4 Å². The number of hydrogen-bond donors (Lipinski definition) is 1. The minimum absolute atomic E-state index is 0. The highest BCUT2D eigenvalue weighted by atomic mass is 35.5. The van der Waals surface area contributed by atoms with Gasteiger partial charge in [0.15, 0.2) is 0 Å². The Kier molecular flexibility index (Phi) is 6.48. The van der Waals surface area contributed by atoms with Crippen molar-refractivity contribution in [3.05, 3.63) is 29.8 Å². The van der Waals surface area contributed by atoms with Crippen molar-refractivity contribution in [2.45, 2.75) is 25.5 Å². The van der Waals surface area contributed by atoms with Gasteiger partial charge in [0.05, 0.1) is 0 Å². The third kappa shape index (κ3) is 4.60. The van der Waals surface area contributed by atoms with Crippen molar-refractivity contribution < 1.29 is 18.3 Å². The monoisotopic (exact) mass is 293 g/mol. The van der Waals surface area contributed by atoms with Crippen molar-refractivity contribution in [1.29, 1.82) is 0 Å². The van der Waals surface area contributed by atoms with Gasteiger partial charge in [0.25, 0.3) is 0 Å². The highest BCUT2D eigenvalue weighted by Gasteiger charge is 2.22. The molecule has 2 rings (SSSR count). The minimum atomic E-state index is -2.79.